The molecule has 2 aromatic rings. The van der Waals surface area contributed by atoms with Crippen molar-refractivity contribution in [3.8, 4) is 0 Å². The zero-order valence-corrected chi connectivity index (χ0v) is 19.7. The maximum Gasteiger partial charge on any atom is 0.490 e. The van der Waals surface area contributed by atoms with Crippen LogP contribution in [0.15, 0.2) is 24.3 Å². The first-order valence-corrected chi connectivity index (χ1v) is 12.0. The molecule has 1 saturated carbocycles. The molecule has 3 aliphatic rings. The van der Waals surface area contributed by atoms with Gasteiger partial charge >= 0.3 is 12.1 Å². The summed E-state index contributed by atoms with van der Waals surface area (Å²) in [4.78, 5) is 24.0. The summed E-state index contributed by atoms with van der Waals surface area (Å²) >= 11 is 0. The number of halogens is 4. The van der Waals surface area contributed by atoms with Crippen LogP contribution in [0.3, 0.4) is 0 Å². The van der Waals surface area contributed by atoms with Crippen molar-refractivity contribution in [2.24, 2.45) is 5.41 Å². The highest BCUT2D eigenvalue weighted by atomic mass is 19.4. The van der Waals surface area contributed by atoms with E-state index in [9.17, 15) is 22.4 Å². The number of carbonyl (C=O) groups excluding carboxylic acids is 1. The summed E-state index contributed by atoms with van der Waals surface area (Å²) in [7, 11) is 0. The van der Waals surface area contributed by atoms with Crippen LogP contribution in [0.2, 0.25) is 0 Å². The zero-order valence-electron chi connectivity index (χ0n) is 19.7. The molecule has 0 unspecified atom stereocenters. The van der Waals surface area contributed by atoms with E-state index in [2.05, 4.69) is 25.0 Å². The van der Waals surface area contributed by atoms with E-state index in [0.717, 1.165) is 76.1 Å². The lowest BCUT2D eigenvalue weighted by Crippen LogP contribution is -2.45. The maximum absolute atomic E-state index is 13.5. The summed E-state index contributed by atoms with van der Waals surface area (Å²) in [5.74, 6) is -1.58. The number of piperidine rings is 1. The van der Waals surface area contributed by atoms with Crippen LogP contribution >= 0.6 is 0 Å². The molecule has 196 valence electrons. The Bertz CT molecular complexity index is 1090. The number of carboxylic acids is 1. The van der Waals surface area contributed by atoms with Gasteiger partial charge in [0.15, 0.2) is 0 Å². The molecular formula is C24H29F4N5O3. The van der Waals surface area contributed by atoms with Gasteiger partial charge in [0.2, 0.25) is 5.82 Å². The number of aryl methyl sites for hydroxylation is 1. The number of carboxylic acid groups (broad SMARTS) is 1. The molecule has 1 aliphatic carbocycles. The first-order chi connectivity index (χ1) is 17.0. The number of fused-ring (bicyclic) bond motifs is 1. The van der Waals surface area contributed by atoms with Gasteiger partial charge in [-0.15, -0.1) is 10.2 Å². The fourth-order valence-electron chi connectivity index (χ4n) is 4.94. The van der Waals surface area contributed by atoms with Crippen molar-refractivity contribution in [1.29, 1.82) is 0 Å². The van der Waals surface area contributed by atoms with Crippen LogP contribution < -0.4 is 5.32 Å². The number of hydrogen-bond acceptors (Lipinski definition) is 5. The number of nitrogens with one attached hydrogen (secondary N) is 1. The second kappa shape index (κ2) is 10.5. The number of hydrogen-bond donors (Lipinski definition) is 2. The number of aromatic nitrogens is 3. The molecule has 1 amide bonds. The van der Waals surface area contributed by atoms with Gasteiger partial charge in [-0.1, -0.05) is 12.1 Å². The fraction of sp³-hybridized carbons (Fsp3) is 0.583. The Morgan fingerprint density at radius 2 is 1.83 bits per heavy atom. The quantitative estimate of drug-likeness (QED) is 0.609. The van der Waals surface area contributed by atoms with Crippen LogP contribution in [0.1, 0.15) is 60.5 Å². The molecular weight excluding hydrogens is 482 g/mol. The van der Waals surface area contributed by atoms with E-state index >= 15 is 0 Å². The van der Waals surface area contributed by atoms with Gasteiger partial charge in [0.05, 0.1) is 0 Å². The van der Waals surface area contributed by atoms with Crippen LogP contribution in [0.25, 0.3) is 0 Å². The Morgan fingerprint density at radius 1 is 1.14 bits per heavy atom. The molecule has 12 heteroatoms. The van der Waals surface area contributed by atoms with E-state index in [-0.39, 0.29) is 17.1 Å². The lowest BCUT2D eigenvalue weighted by atomic mass is 9.73. The number of rotatable bonds is 4. The van der Waals surface area contributed by atoms with Gasteiger partial charge in [-0.05, 0) is 74.7 Å². The smallest absolute Gasteiger partial charge is 0.475 e. The first-order valence-electron chi connectivity index (χ1n) is 12.0. The predicted molar refractivity (Wildman–Crippen MR) is 120 cm³/mol. The summed E-state index contributed by atoms with van der Waals surface area (Å²) < 4.78 is 47.3. The minimum atomic E-state index is -5.08. The molecule has 1 spiro atoms. The first kappa shape index (κ1) is 26.1. The van der Waals surface area contributed by atoms with E-state index in [0.29, 0.717) is 11.9 Å². The Hall–Kier alpha value is -3.02. The van der Waals surface area contributed by atoms with Crippen LogP contribution in [0.4, 0.5) is 17.6 Å². The van der Waals surface area contributed by atoms with Crippen molar-refractivity contribution in [2.45, 2.75) is 70.3 Å². The van der Waals surface area contributed by atoms with E-state index in [4.69, 9.17) is 9.90 Å². The van der Waals surface area contributed by atoms with Gasteiger partial charge in [0, 0.05) is 25.6 Å². The second-order valence-corrected chi connectivity index (χ2v) is 9.84. The zero-order chi connectivity index (χ0) is 25.9. The topological polar surface area (TPSA) is 100 Å². The van der Waals surface area contributed by atoms with Crippen LogP contribution in [-0.4, -0.2) is 62.0 Å². The number of likely N-dealkylation sites (tertiary alicyclic amines) is 1. The third-order valence-corrected chi connectivity index (χ3v) is 7.30. The minimum Gasteiger partial charge on any atom is -0.475 e. The highest BCUT2D eigenvalue weighted by molar-refractivity contribution is 5.91. The molecule has 36 heavy (non-hydrogen) atoms. The van der Waals surface area contributed by atoms with E-state index in [1.807, 2.05) is 6.07 Å². The number of carbonyl (C=O) groups is 2. The van der Waals surface area contributed by atoms with Crippen molar-refractivity contribution in [3.63, 3.8) is 0 Å². The van der Waals surface area contributed by atoms with E-state index < -0.39 is 12.1 Å². The summed E-state index contributed by atoms with van der Waals surface area (Å²) in [6, 6.07) is 7.19. The third-order valence-electron chi connectivity index (χ3n) is 7.30. The van der Waals surface area contributed by atoms with Gasteiger partial charge in [-0.2, -0.15) is 13.2 Å². The molecule has 0 bridgehead atoms. The molecule has 0 atom stereocenters. The average Bonchev–Trinajstić information content (AvgIpc) is 3.21. The summed E-state index contributed by atoms with van der Waals surface area (Å²) in [5.41, 5.74) is 1.24. The second-order valence-electron chi connectivity index (χ2n) is 9.84. The van der Waals surface area contributed by atoms with E-state index in [1.165, 1.54) is 12.5 Å². The number of nitrogens with zero attached hydrogens (tertiary/aromatic N) is 4. The summed E-state index contributed by atoms with van der Waals surface area (Å²) in [5, 5.41) is 18.7. The number of aliphatic carboxylic acids is 1. The van der Waals surface area contributed by atoms with Gasteiger partial charge in [-0.25, -0.2) is 9.18 Å². The molecule has 2 N–H and O–H groups in total. The monoisotopic (exact) mass is 511 g/mol. The molecule has 2 aliphatic heterocycles. The SMILES string of the molecule is O=C(NC1CCC1)c1nnc2n1CC1(CC2)CCN(Cc2cccc(F)c2)CC1.O=C(O)C(F)(F)F. The Balaban J connectivity index is 0.000000384. The van der Waals surface area contributed by atoms with Crippen molar-refractivity contribution < 1.29 is 32.3 Å². The lowest BCUT2D eigenvalue weighted by molar-refractivity contribution is -0.192. The Labute approximate surface area is 205 Å². The number of alkyl halides is 3. The minimum absolute atomic E-state index is 0.0750. The van der Waals surface area contributed by atoms with Gasteiger partial charge in [-0.3, -0.25) is 9.69 Å². The predicted octanol–water partition coefficient (Wildman–Crippen LogP) is 3.56. The van der Waals surface area contributed by atoms with Gasteiger partial charge in [0.25, 0.3) is 5.91 Å². The maximum atomic E-state index is 13.5. The summed E-state index contributed by atoms with van der Waals surface area (Å²) in [6.45, 7) is 3.62. The van der Waals surface area contributed by atoms with Gasteiger partial charge < -0.3 is 15.0 Å². The number of amides is 1. The largest absolute Gasteiger partial charge is 0.490 e. The summed E-state index contributed by atoms with van der Waals surface area (Å²) in [6.07, 6.45) is 2.40. The normalized spacial score (nSPS) is 19.6. The van der Waals surface area contributed by atoms with Crippen molar-refractivity contribution in [3.05, 3.63) is 47.3 Å². The average molecular weight is 512 g/mol. The molecule has 5 rings (SSSR count). The highest BCUT2D eigenvalue weighted by Crippen LogP contribution is 2.41. The third kappa shape index (κ3) is 6.21. The molecule has 2 fully saturated rings. The Kier molecular flexibility index (Phi) is 7.62. The number of benzene rings is 1. The highest BCUT2D eigenvalue weighted by Gasteiger charge is 2.40. The standard InChI is InChI=1S/C22H28FN5O.C2HF3O2/c23-17-4-1-3-16(13-17)14-27-11-9-22(10-12-27)8-7-19-25-26-20(28(19)15-22)21(29)24-18-5-2-6-18;3-2(4,5)1(6)7/h1,3-4,13,18H,2,5-12,14-15H2,(H,24,29);(H,6,7). The van der Waals surface area contributed by atoms with Gasteiger partial charge in [0.1, 0.15) is 11.6 Å². The molecule has 1 aromatic heterocycles. The lowest BCUT2D eigenvalue weighted by Gasteiger charge is -2.44. The van der Waals surface area contributed by atoms with Crippen molar-refractivity contribution in [1.82, 2.24) is 25.0 Å². The molecule has 0 radical (unpaired) electrons. The van der Waals surface area contributed by atoms with Crippen molar-refractivity contribution >= 4 is 11.9 Å². The molecule has 8 nitrogen and oxygen atoms in total. The van der Waals surface area contributed by atoms with Crippen LogP contribution in [0.5, 0.6) is 0 Å². The van der Waals surface area contributed by atoms with Crippen LogP contribution in [0, 0.1) is 11.2 Å². The van der Waals surface area contributed by atoms with Crippen molar-refractivity contribution in [2.75, 3.05) is 13.1 Å². The molecule has 3 heterocycles. The molecule has 1 aromatic carbocycles. The van der Waals surface area contributed by atoms with E-state index in [1.54, 1.807) is 12.1 Å². The fourth-order valence-corrected chi connectivity index (χ4v) is 4.94. The Morgan fingerprint density at radius 3 is 2.42 bits per heavy atom. The molecule has 1 saturated heterocycles. The van der Waals surface area contributed by atoms with Crippen LogP contribution in [-0.2, 0) is 24.3 Å².